The number of rotatable bonds is 6. The minimum Gasteiger partial charge on any atom is -0.497 e. The van der Waals surface area contributed by atoms with E-state index in [0.717, 1.165) is 27.6 Å². The van der Waals surface area contributed by atoms with Crippen LogP contribution in [0.1, 0.15) is 15.5 Å². The van der Waals surface area contributed by atoms with Crippen LogP contribution in [-0.4, -0.2) is 23.2 Å². The molecule has 2 aromatic carbocycles. The molecule has 7 heteroatoms. The molecule has 0 spiro atoms. The predicted octanol–water partition coefficient (Wildman–Crippen LogP) is 4.40. The van der Waals surface area contributed by atoms with Crippen molar-refractivity contribution >= 4 is 17.2 Å². The Bertz CT molecular complexity index is 1070. The molecule has 2 aromatic heterocycles. The predicted molar refractivity (Wildman–Crippen MR) is 107 cm³/mol. The summed E-state index contributed by atoms with van der Waals surface area (Å²) >= 11 is 1.51. The molecule has 0 atom stereocenters. The van der Waals surface area contributed by atoms with Crippen molar-refractivity contribution in [3.8, 4) is 28.3 Å². The van der Waals surface area contributed by atoms with Crippen molar-refractivity contribution < 1.29 is 14.1 Å². The lowest BCUT2D eigenvalue weighted by molar-refractivity contribution is 0.0942. The van der Waals surface area contributed by atoms with E-state index < -0.39 is 0 Å². The fourth-order valence-corrected chi connectivity index (χ4v) is 3.40. The van der Waals surface area contributed by atoms with Gasteiger partial charge >= 0.3 is 0 Å². The van der Waals surface area contributed by atoms with Crippen LogP contribution in [0.4, 0.5) is 0 Å². The molecule has 140 valence electrons. The molecule has 0 aliphatic carbocycles. The molecule has 0 aliphatic heterocycles. The second-order valence-electron chi connectivity index (χ2n) is 5.98. The Morgan fingerprint density at radius 3 is 2.64 bits per heavy atom. The van der Waals surface area contributed by atoms with Crippen LogP contribution in [0.2, 0.25) is 0 Å². The number of benzene rings is 2. The average molecular weight is 391 g/mol. The molecule has 28 heavy (non-hydrogen) atoms. The Morgan fingerprint density at radius 2 is 1.89 bits per heavy atom. The Balaban J connectivity index is 1.39. The maximum absolute atomic E-state index is 12.4. The number of hydrogen-bond donors (Lipinski definition) is 1. The first kappa shape index (κ1) is 17.9. The molecule has 0 saturated heterocycles. The monoisotopic (exact) mass is 391 g/mol. The van der Waals surface area contributed by atoms with Gasteiger partial charge in [0.25, 0.3) is 5.91 Å². The van der Waals surface area contributed by atoms with Gasteiger partial charge in [0.05, 0.1) is 19.3 Å². The third-order valence-electron chi connectivity index (χ3n) is 4.14. The molecule has 4 rings (SSSR count). The summed E-state index contributed by atoms with van der Waals surface area (Å²) in [5.41, 5.74) is 3.00. The first-order valence-electron chi connectivity index (χ1n) is 8.62. The highest BCUT2D eigenvalue weighted by atomic mass is 32.1. The van der Waals surface area contributed by atoms with Crippen LogP contribution >= 0.6 is 11.3 Å². The van der Waals surface area contributed by atoms with Crippen molar-refractivity contribution in [3.63, 3.8) is 0 Å². The van der Waals surface area contributed by atoms with Gasteiger partial charge in [0.1, 0.15) is 10.8 Å². The molecule has 0 unspecified atom stereocenters. The number of carbonyl (C=O) groups excluding carboxylic acids is 1. The number of nitrogens with one attached hydrogen (secondary N) is 1. The maximum Gasteiger partial charge on any atom is 0.273 e. The summed E-state index contributed by atoms with van der Waals surface area (Å²) in [6.07, 6.45) is 0. The number of nitrogens with zero attached hydrogens (tertiary/aromatic N) is 2. The van der Waals surface area contributed by atoms with E-state index in [1.807, 2.05) is 60.0 Å². The van der Waals surface area contributed by atoms with Crippen molar-refractivity contribution in [2.45, 2.75) is 6.54 Å². The van der Waals surface area contributed by atoms with E-state index in [9.17, 15) is 4.79 Å². The van der Waals surface area contributed by atoms with E-state index in [4.69, 9.17) is 9.26 Å². The average Bonchev–Trinajstić information content (AvgIpc) is 3.43. The van der Waals surface area contributed by atoms with Gasteiger partial charge in [-0.1, -0.05) is 35.5 Å². The minimum atomic E-state index is -0.306. The van der Waals surface area contributed by atoms with Crippen LogP contribution in [0, 0.1) is 0 Å². The lowest BCUT2D eigenvalue weighted by Gasteiger charge is -2.00. The molecule has 0 fully saturated rings. The first-order valence-corrected chi connectivity index (χ1v) is 9.50. The number of thiazole rings is 1. The van der Waals surface area contributed by atoms with Crippen LogP contribution < -0.4 is 10.1 Å². The number of ether oxygens (including phenoxy) is 1. The molecule has 0 radical (unpaired) electrons. The van der Waals surface area contributed by atoms with Crippen LogP contribution in [0.5, 0.6) is 5.75 Å². The number of amides is 1. The molecule has 0 aliphatic rings. The van der Waals surface area contributed by atoms with Gasteiger partial charge in [-0.15, -0.1) is 11.3 Å². The lowest BCUT2D eigenvalue weighted by atomic mass is 10.1. The van der Waals surface area contributed by atoms with Gasteiger partial charge in [0, 0.05) is 22.6 Å². The highest BCUT2D eigenvalue weighted by Crippen LogP contribution is 2.24. The summed E-state index contributed by atoms with van der Waals surface area (Å²) in [4.78, 5) is 16.9. The Kier molecular flexibility index (Phi) is 5.16. The molecule has 1 N–H and O–H groups in total. The van der Waals surface area contributed by atoms with Crippen molar-refractivity contribution in [1.82, 2.24) is 15.5 Å². The van der Waals surface area contributed by atoms with Crippen molar-refractivity contribution in [1.29, 1.82) is 0 Å². The standard InChI is InChI=1S/C21H17N3O3S/c1-26-16-9-7-15(8-10-16)19-11-17(24-27-19)21(25)22-12-20-23-18(13-28-20)14-5-3-2-4-6-14/h2-11,13H,12H2,1H3,(H,22,25). The molecule has 0 bridgehead atoms. The van der Waals surface area contributed by atoms with Crippen molar-refractivity contribution in [2.75, 3.05) is 7.11 Å². The zero-order valence-corrected chi connectivity index (χ0v) is 15.9. The number of methoxy groups -OCH3 is 1. The van der Waals surface area contributed by atoms with Crippen LogP contribution in [0.25, 0.3) is 22.6 Å². The summed E-state index contributed by atoms with van der Waals surface area (Å²) in [7, 11) is 1.61. The Morgan fingerprint density at radius 1 is 1.11 bits per heavy atom. The zero-order valence-electron chi connectivity index (χ0n) is 15.1. The molecule has 6 nitrogen and oxygen atoms in total. The second-order valence-corrected chi connectivity index (χ2v) is 6.92. The van der Waals surface area contributed by atoms with E-state index in [0.29, 0.717) is 12.3 Å². The molecular formula is C21H17N3O3S. The van der Waals surface area contributed by atoms with Crippen LogP contribution in [0.15, 0.2) is 70.6 Å². The minimum absolute atomic E-state index is 0.227. The van der Waals surface area contributed by atoms with Gasteiger partial charge in [-0.2, -0.15) is 0 Å². The summed E-state index contributed by atoms with van der Waals surface area (Å²) in [5.74, 6) is 0.966. The van der Waals surface area contributed by atoms with E-state index >= 15 is 0 Å². The quantitative estimate of drug-likeness (QED) is 0.527. The number of carbonyl (C=O) groups is 1. The molecule has 2 heterocycles. The SMILES string of the molecule is COc1ccc(-c2cc(C(=O)NCc3nc(-c4ccccc4)cs3)no2)cc1. The fraction of sp³-hybridized carbons (Fsp3) is 0.0952. The van der Waals surface area contributed by atoms with Gasteiger partial charge in [-0.05, 0) is 24.3 Å². The molecular weight excluding hydrogens is 374 g/mol. The first-order chi connectivity index (χ1) is 13.7. The summed E-state index contributed by atoms with van der Waals surface area (Å²) in [6, 6.07) is 18.9. The third kappa shape index (κ3) is 3.94. The third-order valence-corrected chi connectivity index (χ3v) is 4.99. The maximum atomic E-state index is 12.4. The lowest BCUT2D eigenvalue weighted by Crippen LogP contribution is -2.22. The van der Waals surface area contributed by atoms with Crippen LogP contribution in [0.3, 0.4) is 0 Å². The second kappa shape index (κ2) is 8.06. The van der Waals surface area contributed by atoms with E-state index in [1.54, 1.807) is 13.2 Å². The largest absolute Gasteiger partial charge is 0.497 e. The van der Waals surface area contributed by atoms with Gasteiger partial charge in [-0.25, -0.2) is 4.98 Å². The van der Waals surface area contributed by atoms with Crippen molar-refractivity contribution in [2.24, 2.45) is 0 Å². The van der Waals surface area contributed by atoms with E-state index in [1.165, 1.54) is 11.3 Å². The zero-order chi connectivity index (χ0) is 19.3. The summed E-state index contributed by atoms with van der Waals surface area (Å²) in [6.45, 7) is 0.334. The highest BCUT2D eigenvalue weighted by molar-refractivity contribution is 7.09. The van der Waals surface area contributed by atoms with Crippen LogP contribution in [-0.2, 0) is 6.54 Å². The van der Waals surface area contributed by atoms with Gasteiger partial charge in [0.15, 0.2) is 11.5 Å². The molecule has 0 saturated carbocycles. The summed E-state index contributed by atoms with van der Waals surface area (Å²) in [5, 5.41) is 9.50. The fourth-order valence-electron chi connectivity index (χ4n) is 2.65. The van der Waals surface area contributed by atoms with E-state index in [2.05, 4.69) is 15.5 Å². The topological polar surface area (TPSA) is 77.2 Å². The number of hydrogen-bond acceptors (Lipinski definition) is 6. The van der Waals surface area contributed by atoms with Gasteiger partial charge in [0.2, 0.25) is 0 Å². The Hall–Kier alpha value is -3.45. The van der Waals surface area contributed by atoms with Gasteiger partial charge in [-0.3, -0.25) is 4.79 Å². The molecule has 4 aromatic rings. The Labute approximate surface area is 165 Å². The molecule has 1 amide bonds. The van der Waals surface area contributed by atoms with E-state index in [-0.39, 0.29) is 11.6 Å². The normalized spacial score (nSPS) is 10.6. The highest BCUT2D eigenvalue weighted by Gasteiger charge is 2.14. The smallest absolute Gasteiger partial charge is 0.273 e. The van der Waals surface area contributed by atoms with Gasteiger partial charge < -0.3 is 14.6 Å². The number of aromatic nitrogens is 2. The van der Waals surface area contributed by atoms with Crippen molar-refractivity contribution in [3.05, 3.63) is 76.7 Å². The summed E-state index contributed by atoms with van der Waals surface area (Å²) < 4.78 is 10.4.